The molecule has 0 aromatic heterocycles. The third-order valence-corrected chi connectivity index (χ3v) is 5.26. The van der Waals surface area contributed by atoms with Crippen molar-refractivity contribution >= 4 is 31.6 Å². The number of anilines is 1. The van der Waals surface area contributed by atoms with E-state index in [9.17, 15) is 8.42 Å². The van der Waals surface area contributed by atoms with E-state index < -0.39 is 10.0 Å². The largest absolute Gasteiger partial charge is 0.398 e. The molecule has 1 aliphatic rings. The Hall–Kier alpha value is -0.590. The topological polar surface area (TPSA) is 72.2 Å². The zero-order chi connectivity index (χ0) is 12.8. The molecule has 94 valence electrons. The van der Waals surface area contributed by atoms with Gasteiger partial charge in [-0.05, 0) is 44.4 Å². The highest BCUT2D eigenvalue weighted by Gasteiger charge is 2.41. The highest BCUT2D eigenvalue weighted by molar-refractivity contribution is 9.10. The lowest BCUT2D eigenvalue weighted by molar-refractivity contribution is 0.557. The molecule has 0 heterocycles. The van der Waals surface area contributed by atoms with Gasteiger partial charge in [-0.2, -0.15) is 0 Å². The molecule has 0 aliphatic heterocycles. The van der Waals surface area contributed by atoms with Crippen LogP contribution in [0.2, 0.25) is 0 Å². The predicted octanol–water partition coefficient (Wildman–Crippen LogP) is 2.17. The molecule has 0 radical (unpaired) electrons. The SMILES string of the molecule is Cc1c(N)cc(Br)cc1S(=O)(=O)NC1(C)CC1. The summed E-state index contributed by atoms with van der Waals surface area (Å²) in [6.45, 7) is 3.62. The van der Waals surface area contributed by atoms with E-state index in [2.05, 4.69) is 20.7 Å². The Kier molecular flexibility index (Phi) is 3.00. The van der Waals surface area contributed by atoms with Crippen LogP contribution in [0.3, 0.4) is 0 Å². The standard InChI is InChI=1S/C11H15BrN2O2S/c1-7-9(13)5-8(12)6-10(7)17(15,16)14-11(2)3-4-11/h5-6,14H,3-4,13H2,1-2H3. The van der Waals surface area contributed by atoms with Gasteiger partial charge in [-0.15, -0.1) is 0 Å². The summed E-state index contributed by atoms with van der Waals surface area (Å²) in [7, 11) is -3.49. The first kappa shape index (κ1) is 12.9. The quantitative estimate of drug-likeness (QED) is 0.839. The van der Waals surface area contributed by atoms with Crippen molar-refractivity contribution in [2.45, 2.75) is 37.1 Å². The van der Waals surface area contributed by atoms with Gasteiger partial charge in [0.25, 0.3) is 0 Å². The van der Waals surface area contributed by atoms with Crippen LogP contribution in [-0.2, 0) is 10.0 Å². The van der Waals surface area contributed by atoms with E-state index in [0.29, 0.717) is 15.7 Å². The van der Waals surface area contributed by atoms with E-state index in [1.165, 1.54) is 0 Å². The molecule has 0 saturated heterocycles. The fraction of sp³-hybridized carbons (Fsp3) is 0.455. The molecule has 1 fully saturated rings. The van der Waals surface area contributed by atoms with E-state index >= 15 is 0 Å². The smallest absolute Gasteiger partial charge is 0.241 e. The van der Waals surface area contributed by atoms with Crippen molar-refractivity contribution in [2.75, 3.05) is 5.73 Å². The Morgan fingerprint density at radius 2 is 2.00 bits per heavy atom. The lowest BCUT2D eigenvalue weighted by atomic mass is 10.2. The van der Waals surface area contributed by atoms with Crippen LogP contribution in [0.15, 0.2) is 21.5 Å². The van der Waals surface area contributed by atoms with Gasteiger partial charge >= 0.3 is 0 Å². The zero-order valence-electron chi connectivity index (χ0n) is 9.75. The van der Waals surface area contributed by atoms with Crippen LogP contribution in [0.4, 0.5) is 5.69 Å². The third kappa shape index (κ3) is 2.64. The second kappa shape index (κ2) is 3.96. The van der Waals surface area contributed by atoms with Crippen LogP contribution in [-0.4, -0.2) is 14.0 Å². The Labute approximate surface area is 110 Å². The van der Waals surface area contributed by atoms with Crippen LogP contribution in [0, 0.1) is 6.92 Å². The molecule has 17 heavy (non-hydrogen) atoms. The second-order valence-electron chi connectivity index (χ2n) is 4.78. The minimum Gasteiger partial charge on any atom is -0.398 e. The fourth-order valence-corrected chi connectivity index (χ4v) is 4.02. The van der Waals surface area contributed by atoms with Gasteiger partial charge < -0.3 is 5.73 Å². The maximum atomic E-state index is 12.2. The molecule has 0 bridgehead atoms. The van der Waals surface area contributed by atoms with E-state index in [1.807, 2.05) is 6.92 Å². The molecular weight excluding hydrogens is 304 g/mol. The number of nitrogens with two attached hydrogens (primary N) is 1. The summed E-state index contributed by atoms with van der Waals surface area (Å²) in [5, 5.41) is 0. The van der Waals surface area contributed by atoms with Gasteiger partial charge in [-0.1, -0.05) is 15.9 Å². The van der Waals surface area contributed by atoms with Gasteiger partial charge in [0, 0.05) is 15.7 Å². The number of hydrogen-bond acceptors (Lipinski definition) is 3. The Bertz CT molecular complexity index is 565. The number of halogens is 1. The Morgan fingerprint density at radius 3 is 2.53 bits per heavy atom. The number of nitrogen functional groups attached to an aromatic ring is 1. The number of sulfonamides is 1. The molecule has 0 unspecified atom stereocenters. The van der Waals surface area contributed by atoms with Crippen molar-refractivity contribution in [1.82, 2.24) is 4.72 Å². The van der Waals surface area contributed by atoms with Gasteiger partial charge in [0.1, 0.15) is 0 Å². The first-order valence-corrected chi connectivity index (χ1v) is 7.61. The molecule has 0 atom stereocenters. The first-order valence-electron chi connectivity index (χ1n) is 5.33. The summed E-state index contributed by atoms with van der Waals surface area (Å²) in [5.41, 5.74) is 6.56. The van der Waals surface area contributed by atoms with Crippen molar-refractivity contribution < 1.29 is 8.42 Å². The molecule has 0 spiro atoms. The average molecular weight is 319 g/mol. The minimum atomic E-state index is -3.49. The molecule has 1 aromatic carbocycles. The number of hydrogen-bond donors (Lipinski definition) is 2. The molecule has 0 amide bonds. The van der Waals surface area contributed by atoms with E-state index in [0.717, 1.165) is 12.8 Å². The second-order valence-corrected chi connectivity index (χ2v) is 7.35. The van der Waals surface area contributed by atoms with Gasteiger partial charge in [0.15, 0.2) is 0 Å². The molecule has 1 aromatic rings. The highest BCUT2D eigenvalue weighted by Crippen LogP contribution is 2.37. The van der Waals surface area contributed by atoms with Crippen molar-refractivity contribution in [3.8, 4) is 0 Å². The summed E-state index contributed by atoms with van der Waals surface area (Å²) in [5.74, 6) is 0. The lowest BCUT2D eigenvalue weighted by Gasteiger charge is -2.15. The van der Waals surface area contributed by atoms with Gasteiger partial charge in [-0.3, -0.25) is 0 Å². The third-order valence-electron chi connectivity index (χ3n) is 3.04. The van der Waals surface area contributed by atoms with Gasteiger partial charge in [0.2, 0.25) is 10.0 Å². The van der Waals surface area contributed by atoms with Crippen molar-refractivity contribution in [1.29, 1.82) is 0 Å². The Morgan fingerprint density at radius 1 is 1.41 bits per heavy atom. The molecular formula is C11H15BrN2O2S. The normalized spacial score (nSPS) is 18.1. The van der Waals surface area contributed by atoms with Crippen molar-refractivity contribution in [3.05, 3.63) is 22.2 Å². The summed E-state index contributed by atoms with van der Waals surface area (Å²) < 4.78 is 27.8. The lowest BCUT2D eigenvalue weighted by Crippen LogP contribution is -2.34. The summed E-state index contributed by atoms with van der Waals surface area (Å²) in [4.78, 5) is 0.248. The van der Waals surface area contributed by atoms with Crippen LogP contribution in [0.25, 0.3) is 0 Å². The molecule has 3 N–H and O–H groups in total. The van der Waals surface area contributed by atoms with Gasteiger partial charge in [-0.25, -0.2) is 13.1 Å². The summed E-state index contributed by atoms with van der Waals surface area (Å²) in [6, 6.07) is 3.28. The van der Waals surface area contributed by atoms with Crippen LogP contribution in [0.1, 0.15) is 25.3 Å². The Balaban J connectivity index is 2.45. The number of benzene rings is 1. The maximum Gasteiger partial charge on any atom is 0.241 e. The van der Waals surface area contributed by atoms with E-state index in [-0.39, 0.29) is 10.4 Å². The molecule has 1 saturated carbocycles. The number of rotatable bonds is 3. The molecule has 6 heteroatoms. The molecule has 1 aliphatic carbocycles. The van der Waals surface area contributed by atoms with Gasteiger partial charge in [0.05, 0.1) is 4.90 Å². The monoisotopic (exact) mass is 318 g/mol. The zero-order valence-corrected chi connectivity index (χ0v) is 12.2. The number of nitrogens with one attached hydrogen (secondary N) is 1. The van der Waals surface area contributed by atoms with Crippen LogP contribution >= 0.6 is 15.9 Å². The van der Waals surface area contributed by atoms with Crippen molar-refractivity contribution in [2.24, 2.45) is 0 Å². The molecule has 2 rings (SSSR count). The van der Waals surface area contributed by atoms with Crippen molar-refractivity contribution in [3.63, 3.8) is 0 Å². The first-order chi connectivity index (χ1) is 7.73. The van der Waals surface area contributed by atoms with Crippen LogP contribution < -0.4 is 10.5 Å². The predicted molar refractivity (Wildman–Crippen MR) is 71.3 cm³/mol. The fourth-order valence-electron chi connectivity index (χ4n) is 1.62. The highest BCUT2D eigenvalue weighted by atomic mass is 79.9. The van der Waals surface area contributed by atoms with E-state index in [1.54, 1.807) is 19.1 Å². The minimum absolute atomic E-state index is 0.248. The van der Waals surface area contributed by atoms with Crippen LogP contribution in [0.5, 0.6) is 0 Å². The maximum absolute atomic E-state index is 12.2. The summed E-state index contributed by atoms with van der Waals surface area (Å²) in [6.07, 6.45) is 1.77. The van der Waals surface area contributed by atoms with E-state index in [4.69, 9.17) is 5.73 Å². The molecule has 4 nitrogen and oxygen atoms in total. The summed E-state index contributed by atoms with van der Waals surface area (Å²) >= 11 is 3.26. The average Bonchev–Trinajstić information content (AvgIpc) is 2.88.